The smallest absolute Gasteiger partial charge is 0.251 e. The van der Waals surface area contributed by atoms with Crippen molar-refractivity contribution in [3.63, 3.8) is 0 Å². The number of carbonyl (C=O) groups excluding carboxylic acids is 1. The molecule has 16 heavy (non-hydrogen) atoms. The van der Waals surface area contributed by atoms with Gasteiger partial charge in [-0.3, -0.25) is 4.79 Å². The summed E-state index contributed by atoms with van der Waals surface area (Å²) in [6.07, 6.45) is 2.96. The van der Waals surface area contributed by atoms with E-state index in [1.807, 2.05) is 0 Å². The molecule has 0 aromatic heterocycles. The van der Waals surface area contributed by atoms with Gasteiger partial charge in [-0.05, 0) is 18.6 Å². The van der Waals surface area contributed by atoms with E-state index in [1.54, 1.807) is 0 Å². The predicted molar refractivity (Wildman–Crippen MR) is 58.2 cm³/mol. The quantitative estimate of drug-likeness (QED) is 0.770. The van der Waals surface area contributed by atoms with E-state index < -0.39 is 17.5 Å². The zero-order chi connectivity index (χ0) is 12.0. The standard InChI is InChI=1S/C12H15F2NO/c1-2-3-4-5-15-12(16)9-6-10(13)8-11(14)7-9/h6-8H,2-5H2,1H3,(H,15,16). The van der Waals surface area contributed by atoms with Crippen LogP contribution in [-0.2, 0) is 0 Å². The molecule has 0 aliphatic rings. The van der Waals surface area contributed by atoms with E-state index in [-0.39, 0.29) is 5.56 Å². The van der Waals surface area contributed by atoms with E-state index in [4.69, 9.17) is 0 Å². The highest BCUT2D eigenvalue weighted by molar-refractivity contribution is 5.94. The lowest BCUT2D eigenvalue weighted by atomic mass is 10.2. The SMILES string of the molecule is CCCCCNC(=O)c1cc(F)cc(F)c1. The lowest BCUT2D eigenvalue weighted by Crippen LogP contribution is -2.24. The van der Waals surface area contributed by atoms with Crippen LogP contribution in [0.15, 0.2) is 18.2 Å². The van der Waals surface area contributed by atoms with E-state index in [1.165, 1.54) is 0 Å². The van der Waals surface area contributed by atoms with Crippen molar-refractivity contribution in [2.45, 2.75) is 26.2 Å². The van der Waals surface area contributed by atoms with Crippen LogP contribution in [0.5, 0.6) is 0 Å². The third-order valence-corrected chi connectivity index (χ3v) is 2.19. The maximum absolute atomic E-state index is 12.8. The maximum Gasteiger partial charge on any atom is 0.251 e. The molecule has 1 rings (SSSR count). The second kappa shape index (κ2) is 6.20. The maximum atomic E-state index is 12.8. The number of hydrogen-bond donors (Lipinski definition) is 1. The second-order valence-electron chi connectivity index (χ2n) is 3.62. The molecule has 88 valence electrons. The monoisotopic (exact) mass is 227 g/mol. The topological polar surface area (TPSA) is 29.1 Å². The number of rotatable bonds is 5. The molecule has 0 unspecified atom stereocenters. The van der Waals surface area contributed by atoms with E-state index in [0.29, 0.717) is 6.54 Å². The fourth-order valence-electron chi connectivity index (χ4n) is 1.36. The van der Waals surface area contributed by atoms with Gasteiger partial charge in [-0.1, -0.05) is 19.8 Å². The molecule has 0 saturated carbocycles. The van der Waals surface area contributed by atoms with Crippen molar-refractivity contribution in [1.29, 1.82) is 0 Å². The van der Waals surface area contributed by atoms with Crippen LogP contribution in [0.25, 0.3) is 0 Å². The molecule has 0 atom stereocenters. The van der Waals surface area contributed by atoms with Crippen molar-refractivity contribution in [3.8, 4) is 0 Å². The summed E-state index contributed by atoms with van der Waals surface area (Å²) in [7, 11) is 0. The van der Waals surface area contributed by atoms with Gasteiger partial charge < -0.3 is 5.32 Å². The van der Waals surface area contributed by atoms with E-state index in [2.05, 4.69) is 12.2 Å². The summed E-state index contributed by atoms with van der Waals surface area (Å²) >= 11 is 0. The molecule has 0 aliphatic heterocycles. The van der Waals surface area contributed by atoms with Crippen molar-refractivity contribution in [2.24, 2.45) is 0 Å². The van der Waals surface area contributed by atoms with E-state index in [9.17, 15) is 13.6 Å². The Kier molecular flexibility index (Phi) is 4.89. The van der Waals surface area contributed by atoms with Gasteiger partial charge in [0.2, 0.25) is 0 Å². The summed E-state index contributed by atoms with van der Waals surface area (Å²) < 4.78 is 25.6. The number of halogens is 2. The van der Waals surface area contributed by atoms with Crippen LogP contribution < -0.4 is 5.32 Å². The predicted octanol–water partition coefficient (Wildman–Crippen LogP) is 2.88. The highest BCUT2D eigenvalue weighted by atomic mass is 19.1. The number of benzene rings is 1. The Morgan fingerprint density at radius 2 is 1.81 bits per heavy atom. The number of hydrogen-bond acceptors (Lipinski definition) is 1. The fraction of sp³-hybridized carbons (Fsp3) is 0.417. The van der Waals surface area contributed by atoms with Crippen LogP contribution in [-0.4, -0.2) is 12.5 Å². The van der Waals surface area contributed by atoms with Gasteiger partial charge in [0, 0.05) is 18.2 Å². The van der Waals surface area contributed by atoms with Gasteiger partial charge in [-0.2, -0.15) is 0 Å². The molecule has 4 heteroatoms. The molecule has 2 nitrogen and oxygen atoms in total. The molecular formula is C12H15F2NO. The summed E-state index contributed by atoms with van der Waals surface area (Å²) in [5.74, 6) is -1.91. The first-order valence-corrected chi connectivity index (χ1v) is 5.37. The van der Waals surface area contributed by atoms with Crippen LogP contribution in [0.2, 0.25) is 0 Å². The highest BCUT2D eigenvalue weighted by Gasteiger charge is 2.08. The molecule has 0 heterocycles. The van der Waals surface area contributed by atoms with Crippen molar-refractivity contribution in [2.75, 3.05) is 6.54 Å². The molecule has 0 fully saturated rings. The Bertz CT molecular complexity index is 346. The molecule has 1 aromatic rings. The molecule has 1 N–H and O–H groups in total. The average Bonchev–Trinajstić information content (AvgIpc) is 2.22. The van der Waals surface area contributed by atoms with Gasteiger partial charge in [-0.15, -0.1) is 0 Å². The summed E-state index contributed by atoms with van der Waals surface area (Å²) in [5, 5.41) is 2.62. The van der Waals surface area contributed by atoms with E-state index in [0.717, 1.165) is 37.5 Å². The summed E-state index contributed by atoms with van der Waals surface area (Å²) in [6.45, 7) is 2.59. The molecular weight excluding hydrogens is 212 g/mol. The number of amides is 1. The molecule has 0 saturated heterocycles. The molecule has 0 aliphatic carbocycles. The average molecular weight is 227 g/mol. The normalized spacial score (nSPS) is 10.2. The first kappa shape index (κ1) is 12.6. The number of carbonyl (C=O) groups is 1. The first-order chi connectivity index (χ1) is 7.63. The minimum atomic E-state index is -0.737. The Balaban J connectivity index is 2.52. The molecule has 1 aromatic carbocycles. The van der Waals surface area contributed by atoms with Crippen LogP contribution in [0, 0.1) is 11.6 Å². The Labute approximate surface area is 93.7 Å². The van der Waals surface area contributed by atoms with Crippen molar-refractivity contribution >= 4 is 5.91 Å². The van der Waals surface area contributed by atoms with E-state index >= 15 is 0 Å². The van der Waals surface area contributed by atoms with Crippen LogP contribution in [0.3, 0.4) is 0 Å². The van der Waals surface area contributed by atoms with Crippen molar-refractivity contribution < 1.29 is 13.6 Å². The van der Waals surface area contributed by atoms with Crippen molar-refractivity contribution in [3.05, 3.63) is 35.4 Å². The minimum absolute atomic E-state index is 0.0222. The van der Waals surface area contributed by atoms with Gasteiger partial charge in [-0.25, -0.2) is 8.78 Å². The highest BCUT2D eigenvalue weighted by Crippen LogP contribution is 2.07. The number of unbranched alkanes of at least 4 members (excludes halogenated alkanes) is 2. The van der Waals surface area contributed by atoms with Crippen LogP contribution in [0.4, 0.5) is 8.78 Å². The van der Waals surface area contributed by atoms with Gasteiger partial charge in [0.25, 0.3) is 5.91 Å². The summed E-state index contributed by atoms with van der Waals surface area (Å²) in [6, 6.07) is 2.80. The molecule has 0 bridgehead atoms. The third kappa shape index (κ3) is 3.96. The largest absolute Gasteiger partial charge is 0.352 e. The van der Waals surface area contributed by atoms with Gasteiger partial charge in [0.15, 0.2) is 0 Å². The lowest BCUT2D eigenvalue weighted by Gasteiger charge is -2.04. The third-order valence-electron chi connectivity index (χ3n) is 2.19. The Hall–Kier alpha value is -1.45. The number of nitrogens with one attached hydrogen (secondary N) is 1. The fourth-order valence-corrected chi connectivity index (χ4v) is 1.36. The summed E-state index contributed by atoms with van der Waals surface area (Å²) in [5.41, 5.74) is 0.0222. The molecule has 0 spiro atoms. The van der Waals surface area contributed by atoms with Crippen molar-refractivity contribution in [1.82, 2.24) is 5.32 Å². The Morgan fingerprint density at radius 1 is 1.19 bits per heavy atom. The molecule has 0 radical (unpaired) electrons. The lowest BCUT2D eigenvalue weighted by molar-refractivity contribution is 0.0952. The second-order valence-corrected chi connectivity index (χ2v) is 3.62. The van der Waals surface area contributed by atoms with Crippen LogP contribution in [0.1, 0.15) is 36.5 Å². The van der Waals surface area contributed by atoms with Gasteiger partial charge >= 0.3 is 0 Å². The zero-order valence-corrected chi connectivity index (χ0v) is 9.22. The van der Waals surface area contributed by atoms with Gasteiger partial charge in [0.05, 0.1) is 0 Å². The first-order valence-electron chi connectivity index (χ1n) is 5.37. The zero-order valence-electron chi connectivity index (χ0n) is 9.22. The molecule has 1 amide bonds. The van der Waals surface area contributed by atoms with Gasteiger partial charge in [0.1, 0.15) is 11.6 Å². The summed E-state index contributed by atoms with van der Waals surface area (Å²) in [4.78, 5) is 11.5. The Morgan fingerprint density at radius 3 is 2.38 bits per heavy atom. The van der Waals surface area contributed by atoms with Crippen LogP contribution >= 0.6 is 0 Å². The minimum Gasteiger partial charge on any atom is -0.352 e.